The summed E-state index contributed by atoms with van der Waals surface area (Å²) in [6.07, 6.45) is 1.43. The zero-order valence-electron chi connectivity index (χ0n) is 12.4. The fraction of sp³-hybridized carbons (Fsp3) is 0.533. The van der Waals surface area contributed by atoms with Crippen molar-refractivity contribution >= 4 is 17.5 Å². The van der Waals surface area contributed by atoms with Crippen LogP contribution < -0.4 is 10.1 Å². The van der Waals surface area contributed by atoms with Gasteiger partial charge in [0.05, 0.1) is 13.0 Å². The van der Waals surface area contributed by atoms with Crippen LogP contribution in [0.15, 0.2) is 18.2 Å². The van der Waals surface area contributed by atoms with E-state index in [1.165, 1.54) is 0 Å². The minimum absolute atomic E-state index is 0.0534. The van der Waals surface area contributed by atoms with Gasteiger partial charge in [-0.1, -0.05) is 24.6 Å². The molecule has 1 aromatic carbocycles. The van der Waals surface area contributed by atoms with Crippen molar-refractivity contribution in [1.82, 2.24) is 10.2 Å². The van der Waals surface area contributed by atoms with Gasteiger partial charge in [-0.25, -0.2) is 0 Å². The van der Waals surface area contributed by atoms with Crippen LogP contribution >= 0.6 is 11.6 Å². The maximum Gasteiger partial charge on any atom is 0.225 e. The Morgan fingerprint density at radius 1 is 1.40 bits per heavy atom. The Hall–Kier alpha value is -1.26. The Morgan fingerprint density at radius 3 is 2.80 bits per heavy atom. The molecule has 1 rings (SSSR count). The number of carbonyl (C=O) groups excluding carboxylic acids is 1. The molecule has 0 heterocycles. The van der Waals surface area contributed by atoms with Gasteiger partial charge in [0, 0.05) is 31.2 Å². The summed E-state index contributed by atoms with van der Waals surface area (Å²) in [6.45, 7) is 4.08. The maximum absolute atomic E-state index is 11.5. The average molecular weight is 299 g/mol. The van der Waals surface area contributed by atoms with Gasteiger partial charge < -0.3 is 15.0 Å². The predicted octanol–water partition coefficient (Wildman–Crippen LogP) is 2.70. The summed E-state index contributed by atoms with van der Waals surface area (Å²) in [5, 5.41) is 4.00. The van der Waals surface area contributed by atoms with E-state index in [2.05, 4.69) is 12.2 Å². The first-order valence-electron chi connectivity index (χ1n) is 6.87. The molecule has 4 nitrogen and oxygen atoms in total. The summed E-state index contributed by atoms with van der Waals surface area (Å²) in [4.78, 5) is 13.1. The number of hydrogen-bond donors (Lipinski definition) is 1. The van der Waals surface area contributed by atoms with Gasteiger partial charge in [-0.05, 0) is 25.1 Å². The molecule has 112 valence electrons. The summed E-state index contributed by atoms with van der Waals surface area (Å²) in [6, 6.07) is 5.59. The number of nitrogens with one attached hydrogen (secondary N) is 1. The second kappa shape index (κ2) is 8.82. The predicted molar refractivity (Wildman–Crippen MR) is 82.3 cm³/mol. The van der Waals surface area contributed by atoms with E-state index in [1.807, 2.05) is 18.2 Å². The monoisotopic (exact) mass is 298 g/mol. The van der Waals surface area contributed by atoms with Crippen LogP contribution in [0.25, 0.3) is 0 Å². The van der Waals surface area contributed by atoms with Crippen molar-refractivity contribution in [3.63, 3.8) is 0 Å². The van der Waals surface area contributed by atoms with E-state index in [1.54, 1.807) is 19.0 Å². The van der Waals surface area contributed by atoms with Crippen molar-refractivity contribution in [1.29, 1.82) is 0 Å². The lowest BCUT2D eigenvalue weighted by Gasteiger charge is -2.14. The molecule has 0 unspecified atom stereocenters. The van der Waals surface area contributed by atoms with E-state index in [-0.39, 0.29) is 5.91 Å². The Balaban J connectivity index is 2.60. The zero-order valence-corrected chi connectivity index (χ0v) is 13.2. The van der Waals surface area contributed by atoms with Crippen LogP contribution in [0.4, 0.5) is 0 Å². The Kier molecular flexibility index (Phi) is 7.41. The molecule has 1 amide bonds. The van der Waals surface area contributed by atoms with Crippen LogP contribution in [0.3, 0.4) is 0 Å². The van der Waals surface area contributed by atoms with E-state index in [0.29, 0.717) is 24.6 Å². The molecule has 0 aromatic heterocycles. The van der Waals surface area contributed by atoms with Gasteiger partial charge in [-0.2, -0.15) is 0 Å². The highest BCUT2D eigenvalue weighted by molar-refractivity contribution is 6.31. The number of halogens is 1. The van der Waals surface area contributed by atoms with Crippen molar-refractivity contribution in [2.24, 2.45) is 0 Å². The molecule has 1 N–H and O–H groups in total. The molecular weight excluding hydrogens is 276 g/mol. The van der Waals surface area contributed by atoms with Crippen LogP contribution in [0.5, 0.6) is 5.75 Å². The summed E-state index contributed by atoms with van der Waals surface area (Å²) in [5.41, 5.74) is 0.944. The third kappa shape index (κ3) is 5.39. The van der Waals surface area contributed by atoms with Gasteiger partial charge in [0.15, 0.2) is 0 Å². The fourth-order valence-corrected chi connectivity index (χ4v) is 1.94. The Bertz CT molecular complexity index is 436. The summed E-state index contributed by atoms with van der Waals surface area (Å²) in [5.74, 6) is 0.797. The average Bonchev–Trinajstić information content (AvgIpc) is 2.41. The van der Waals surface area contributed by atoms with Gasteiger partial charge >= 0.3 is 0 Å². The maximum atomic E-state index is 11.5. The highest BCUT2D eigenvalue weighted by Crippen LogP contribution is 2.26. The van der Waals surface area contributed by atoms with E-state index >= 15 is 0 Å². The number of ether oxygens (including phenoxy) is 1. The highest BCUT2D eigenvalue weighted by Gasteiger charge is 2.09. The molecule has 0 saturated carbocycles. The molecule has 0 aliphatic carbocycles. The Labute approximate surface area is 126 Å². The van der Waals surface area contributed by atoms with Crippen molar-refractivity contribution in [3.8, 4) is 5.75 Å². The minimum Gasteiger partial charge on any atom is -0.493 e. The second-order valence-electron chi connectivity index (χ2n) is 4.78. The largest absolute Gasteiger partial charge is 0.493 e. The SMILES string of the molecule is CCCNCc1c(Cl)cccc1OCCC(=O)N(C)C. The lowest BCUT2D eigenvalue weighted by Crippen LogP contribution is -2.23. The highest BCUT2D eigenvalue weighted by atomic mass is 35.5. The molecule has 0 radical (unpaired) electrons. The van der Waals surface area contributed by atoms with Crippen LogP contribution in [0.1, 0.15) is 25.3 Å². The third-order valence-electron chi connectivity index (χ3n) is 2.88. The third-order valence-corrected chi connectivity index (χ3v) is 3.23. The van der Waals surface area contributed by atoms with E-state index in [9.17, 15) is 4.79 Å². The van der Waals surface area contributed by atoms with Gasteiger partial charge in [-0.3, -0.25) is 4.79 Å². The molecular formula is C15H23ClN2O2. The summed E-state index contributed by atoms with van der Waals surface area (Å²) < 4.78 is 5.70. The second-order valence-corrected chi connectivity index (χ2v) is 5.19. The number of rotatable bonds is 8. The molecule has 0 aliphatic rings. The lowest BCUT2D eigenvalue weighted by atomic mass is 10.2. The topological polar surface area (TPSA) is 41.6 Å². The molecule has 5 heteroatoms. The van der Waals surface area contributed by atoms with E-state index in [0.717, 1.165) is 24.3 Å². The molecule has 20 heavy (non-hydrogen) atoms. The van der Waals surface area contributed by atoms with Crippen molar-refractivity contribution < 1.29 is 9.53 Å². The normalized spacial score (nSPS) is 10.4. The lowest BCUT2D eigenvalue weighted by molar-refractivity contribution is -0.129. The fourth-order valence-electron chi connectivity index (χ4n) is 1.71. The zero-order chi connectivity index (χ0) is 15.0. The van der Waals surface area contributed by atoms with Crippen molar-refractivity contribution in [2.45, 2.75) is 26.3 Å². The summed E-state index contributed by atoms with van der Waals surface area (Å²) in [7, 11) is 3.48. The molecule has 0 aliphatic heterocycles. The van der Waals surface area contributed by atoms with E-state index < -0.39 is 0 Å². The first-order valence-corrected chi connectivity index (χ1v) is 7.25. The number of carbonyl (C=O) groups is 1. The van der Waals surface area contributed by atoms with Gasteiger partial charge in [0.2, 0.25) is 5.91 Å². The Morgan fingerprint density at radius 2 is 2.15 bits per heavy atom. The minimum atomic E-state index is 0.0534. The molecule has 0 bridgehead atoms. The number of hydrogen-bond acceptors (Lipinski definition) is 3. The molecule has 0 fully saturated rings. The molecule has 0 saturated heterocycles. The van der Waals surface area contributed by atoms with Crippen molar-refractivity contribution in [2.75, 3.05) is 27.2 Å². The van der Waals surface area contributed by atoms with Crippen molar-refractivity contribution in [3.05, 3.63) is 28.8 Å². The summed E-state index contributed by atoms with van der Waals surface area (Å²) >= 11 is 6.21. The number of nitrogens with zero attached hydrogens (tertiary/aromatic N) is 1. The number of amides is 1. The smallest absolute Gasteiger partial charge is 0.225 e. The first kappa shape index (κ1) is 16.8. The molecule has 0 atom stereocenters. The van der Waals surface area contributed by atoms with Crippen LogP contribution in [-0.4, -0.2) is 38.1 Å². The molecule has 0 spiro atoms. The van der Waals surface area contributed by atoms with Crippen LogP contribution in [-0.2, 0) is 11.3 Å². The van der Waals surface area contributed by atoms with Crippen LogP contribution in [0, 0.1) is 0 Å². The quantitative estimate of drug-likeness (QED) is 0.750. The molecule has 1 aromatic rings. The van der Waals surface area contributed by atoms with E-state index in [4.69, 9.17) is 16.3 Å². The van der Waals surface area contributed by atoms with Gasteiger partial charge in [0.25, 0.3) is 0 Å². The standard InChI is InChI=1S/C15H23ClN2O2/c1-4-9-17-11-12-13(16)6-5-7-14(12)20-10-8-15(19)18(2)3/h5-7,17H,4,8-11H2,1-3H3. The first-order chi connectivity index (χ1) is 9.56. The number of benzene rings is 1. The van der Waals surface area contributed by atoms with Crippen LogP contribution in [0.2, 0.25) is 5.02 Å². The van der Waals surface area contributed by atoms with Gasteiger partial charge in [-0.15, -0.1) is 0 Å². The van der Waals surface area contributed by atoms with Gasteiger partial charge in [0.1, 0.15) is 5.75 Å².